The third-order valence-corrected chi connectivity index (χ3v) is 14.2. The molecule has 0 unspecified atom stereocenters. The third-order valence-electron chi connectivity index (χ3n) is 9.96. The molecular formula is C60H50Br8Cl2N10O12Zn3. The Morgan fingerprint density at radius 1 is 0.358 bits per heavy atom. The number of aliphatic imine (C=N–C) groups is 4. The van der Waals surface area contributed by atoms with Crippen LogP contribution in [0.1, 0.15) is 58.9 Å². The van der Waals surface area contributed by atoms with Crippen LogP contribution in [0.3, 0.4) is 0 Å². The maximum atomic E-state index is 11.8. The summed E-state index contributed by atoms with van der Waals surface area (Å²) in [4.78, 5) is 34.0. The zero-order valence-corrected chi connectivity index (χ0v) is 73.2. The van der Waals surface area contributed by atoms with E-state index < -0.39 is 20.5 Å². The van der Waals surface area contributed by atoms with Crippen LogP contribution in [0, 0.1) is 43.1 Å². The Balaban J connectivity index is -0.00000109. The molecular weight excluding hydrogens is 1960 g/mol. The first-order valence-corrected chi connectivity index (χ1v) is 34.4. The number of pyridine rings is 4. The maximum Gasteiger partial charge on any atom is 2.00 e. The molecule has 0 saturated carbocycles. The molecule has 0 amide bonds. The Bertz CT molecular complexity index is 3210. The predicted octanol–water partition coefficient (Wildman–Crippen LogP) is 4.91. The normalized spacial score (nSPS) is 10.3. The van der Waals surface area contributed by atoms with Crippen LogP contribution in [-0.2, 0) is 84.1 Å². The van der Waals surface area contributed by atoms with E-state index in [-0.39, 0.29) is 81.4 Å². The second kappa shape index (κ2) is 55.1. The van der Waals surface area contributed by atoms with Gasteiger partial charge in [0.15, 0.2) is 0 Å². The molecule has 0 aliphatic heterocycles. The third kappa shape index (κ3) is 48.7. The Morgan fingerprint density at radius 3 is 0.674 bits per heavy atom. The van der Waals surface area contributed by atoms with Gasteiger partial charge in [0.25, 0.3) is 0 Å². The van der Waals surface area contributed by atoms with E-state index in [1.807, 2.05) is 72.8 Å². The maximum absolute atomic E-state index is 11.8. The average Bonchev–Trinajstić information content (AvgIpc) is 2.11. The molecule has 488 valence electrons. The minimum atomic E-state index is -4.94. The van der Waals surface area contributed by atoms with Gasteiger partial charge in [0.1, 0.15) is 0 Å². The number of benzene rings is 4. The summed E-state index contributed by atoms with van der Waals surface area (Å²) in [6.07, 6.45) is 16.6. The molecule has 95 heavy (non-hydrogen) atoms. The van der Waals surface area contributed by atoms with Gasteiger partial charge in [-0.3, -0.25) is 39.9 Å². The van der Waals surface area contributed by atoms with Crippen molar-refractivity contribution in [3.05, 3.63) is 227 Å². The van der Waals surface area contributed by atoms with Gasteiger partial charge in [-0.05, 0) is 119 Å². The van der Waals surface area contributed by atoms with Crippen LogP contribution >= 0.6 is 127 Å². The Hall–Kier alpha value is -3.69. The molecule has 0 saturated heterocycles. The van der Waals surface area contributed by atoms with Crippen molar-refractivity contribution in [1.29, 1.82) is 10.5 Å². The second-order valence-corrected chi connectivity index (χ2v) is 25.4. The zero-order valence-electron chi connectivity index (χ0n) is 50.1. The predicted molar refractivity (Wildman–Crippen MR) is 349 cm³/mol. The van der Waals surface area contributed by atoms with Gasteiger partial charge in [-0.15, -0.1) is 20.5 Å². The number of hydrogen-bond acceptors (Lipinski definition) is 22. The number of halogens is 10. The fourth-order valence-corrected chi connectivity index (χ4v) is 11.3. The van der Waals surface area contributed by atoms with E-state index in [0.29, 0.717) is 66.3 Å². The van der Waals surface area contributed by atoms with Gasteiger partial charge in [-0.1, -0.05) is 175 Å². The largest absolute Gasteiger partial charge is 2.00 e. The molecule has 8 aromatic rings. The summed E-state index contributed by atoms with van der Waals surface area (Å²) in [7, 11) is -9.89. The van der Waals surface area contributed by atoms with Crippen molar-refractivity contribution in [1.82, 2.24) is 19.9 Å². The fourth-order valence-electron chi connectivity index (χ4n) is 6.26. The first-order valence-electron chi connectivity index (χ1n) is 25.6. The number of nitriles is 2. The molecule has 0 bridgehead atoms. The van der Waals surface area contributed by atoms with Crippen molar-refractivity contribution < 1.29 is 137 Å². The number of hydrogen-bond donors (Lipinski definition) is 0. The van der Waals surface area contributed by atoms with E-state index in [4.69, 9.17) is 47.8 Å². The van der Waals surface area contributed by atoms with Gasteiger partial charge in [0, 0.05) is 174 Å². The number of aromatic nitrogens is 4. The first kappa shape index (κ1) is 95.5. The smallest absolute Gasteiger partial charge is 0.871 e. The van der Waals surface area contributed by atoms with Gasteiger partial charge in [-0.25, -0.2) is 37.3 Å². The summed E-state index contributed by atoms with van der Waals surface area (Å²) in [5.74, 6) is -0.204. The van der Waals surface area contributed by atoms with E-state index in [2.05, 4.69) is 167 Å². The summed E-state index contributed by atoms with van der Waals surface area (Å²) in [6, 6.07) is 40.7. The minimum Gasteiger partial charge on any atom is -0.871 e. The molecule has 0 aliphatic carbocycles. The minimum absolute atomic E-state index is 0. The van der Waals surface area contributed by atoms with Crippen molar-refractivity contribution in [2.75, 3.05) is 26.2 Å². The van der Waals surface area contributed by atoms with Crippen LogP contribution in [0.25, 0.3) is 0 Å². The monoisotopic (exact) mass is 2000 g/mol. The van der Waals surface area contributed by atoms with Crippen molar-refractivity contribution in [2.45, 2.75) is 39.5 Å². The topological polar surface area (TPSA) is 425 Å². The van der Waals surface area contributed by atoms with E-state index in [1.165, 1.54) is 13.8 Å². The molecule has 22 nitrogen and oxygen atoms in total. The summed E-state index contributed by atoms with van der Waals surface area (Å²) >= 11 is 26.3. The molecule has 0 atom stereocenters. The van der Waals surface area contributed by atoms with Gasteiger partial charge in [0.2, 0.25) is 0 Å². The standard InChI is InChI=1S/4C14H12Br2N2O.2C2H3N.2ClHO4.3Zn/c4*15-11-7-10(14(19)13(16)8-11)9-17-6-4-12-3-1-2-5-18-12;2*1-2-3;2*2-1(3,4)5;;;/h4*1-3,5,7-9,19H,4,6H2;2*1H3;2*(H,2,3,4,5);;;/q;;;;;;;;3*+2/p-6. The van der Waals surface area contributed by atoms with Crippen molar-refractivity contribution in [3.63, 3.8) is 0 Å². The molecule has 4 aromatic carbocycles. The summed E-state index contributed by atoms with van der Waals surface area (Å²) in [6.45, 7) is 5.31. The van der Waals surface area contributed by atoms with Crippen molar-refractivity contribution in [3.8, 4) is 35.1 Å². The SMILES string of the molecule is CC#N.CC#N.[O-][Cl+3]([O-])([O-])[O-].[O-][Cl+3]([O-])([O-])[O-].[O-]c1c(Br)cc(Br)cc1C=NCCc1ccccn1.[O-]c1c(Br)cc(Br)cc1C=NCCc1ccccn1.[O-]c1c(Br)cc(Br)cc1C=NCCc1ccccn1.[O-]c1c(Br)cc(Br)cc1C=NCCc1ccccn1.[Zn+2].[Zn+2].[Zn+2]. The van der Waals surface area contributed by atoms with Crippen LogP contribution in [0.4, 0.5) is 0 Å². The Labute approximate surface area is 659 Å². The summed E-state index contributed by atoms with van der Waals surface area (Å²) < 4.78 is 73.5. The van der Waals surface area contributed by atoms with E-state index in [1.54, 1.807) is 110 Å². The van der Waals surface area contributed by atoms with Gasteiger partial charge in [-0.2, -0.15) is 10.5 Å². The second-order valence-electron chi connectivity index (χ2n) is 16.9. The number of nitrogens with zero attached hydrogens (tertiary/aromatic N) is 10. The van der Waals surface area contributed by atoms with Crippen LogP contribution in [0.15, 0.2) is 202 Å². The van der Waals surface area contributed by atoms with E-state index in [9.17, 15) is 20.4 Å². The van der Waals surface area contributed by atoms with Crippen LogP contribution < -0.4 is 57.7 Å². The van der Waals surface area contributed by atoms with Crippen LogP contribution in [0.5, 0.6) is 23.0 Å². The summed E-state index contributed by atoms with van der Waals surface area (Å²) in [5, 5.41) is 61.9. The zero-order chi connectivity index (χ0) is 69.1. The van der Waals surface area contributed by atoms with E-state index in [0.717, 1.165) is 66.3 Å². The average molecular weight is 2010 g/mol. The van der Waals surface area contributed by atoms with Crippen molar-refractivity contribution in [2.24, 2.45) is 20.0 Å². The van der Waals surface area contributed by atoms with Crippen LogP contribution in [-0.4, -0.2) is 71.0 Å². The first-order chi connectivity index (χ1) is 43.5. The molecule has 0 radical (unpaired) electrons. The van der Waals surface area contributed by atoms with Gasteiger partial charge < -0.3 is 20.4 Å². The molecule has 0 aliphatic rings. The molecule has 8 rings (SSSR count). The Morgan fingerprint density at radius 2 is 0.526 bits per heavy atom. The Kier molecular flexibility index (Phi) is 55.4. The van der Waals surface area contributed by atoms with Gasteiger partial charge in [0.05, 0.1) is 12.1 Å². The fraction of sp³-hybridized carbons (Fsp3) is 0.167. The molecule has 0 N–H and O–H groups in total. The molecule has 4 aromatic heterocycles. The summed E-state index contributed by atoms with van der Waals surface area (Å²) in [5.41, 5.74) is 6.28. The molecule has 4 heterocycles. The quantitative estimate of drug-likeness (QED) is 0.0916. The van der Waals surface area contributed by atoms with E-state index >= 15 is 0 Å². The molecule has 35 heteroatoms. The van der Waals surface area contributed by atoms with Gasteiger partial charge >= 0.3 is 58.4 Å². The van der Waals surface area contributed by atoms with Crippen molar-refractivity contribution >= 4 is 152 Å². The number of rotatable bonds is 16. The van der Waals surface area contributed by atoms with Crippen LogP contribution in [0.2, 0.25) is 0 Å². The molecule has 0 spiro atoms. The molecule has 0 fully saturated rings.